The Hall–Kier alpha value is -6.38. The average Bonchev–Trinajstić information content (AvgIpc) is 3.72. The maximum Gasteiger partial charge on any atom is 0.143 e. The summed E-state index contributed by atoms with van der Waals surface area (Å²) < 4.78 is 165. The maximum absolute atomic E-state index is 9.48. The second-order valence-corrected chi connectivity index (χ2v) is 10.8. The minimum atomic E-state index is -0.829. The van der Waals surface area contributed by atoms with Crippen LogP contribution in [0.15, 0.2) is 192 Å². The molecular formula is C46H31NO. The van der Waals surface area contributed by atoms with E-state index in [1.54, 1.807) is 24.3 Å². The van der Waals surface area contributed by atoms with Crippen LogP contribution in [0.4, 0.5) is 17.1 Å². The van der Waals surface area contributed by atoms with Gasteiger partial charge in [0.05, 0.1) is 35.7 Å². The molecule has 0 aliphatic heterocycles. The molecule has 9 rings (SSSR count). The predicted octanol–water partition coefficient (Wildman–Crippen LogP) is 13.2. The SMILES string of the molecule is [2H]c1c([2H])c([2H])c(-c2c([2H])c([2H])c(N(c3ccc(-c4ccc(-c5ccccc5)cc4)cc3)c3c([2H])c([2H])c([2H])c4oc5c6c([2H])c([2H])c([2H])c([2H])c6c([2H])c([2H])c5c34)c([2H])c2[2H])c([2H])c1[2H]. The van der Waals surface area contributed by atoms with Crippen LogP contribution in [-0.4, -0.2) is 0 Å². The summed E-state index contributed by atoms with van der Waals surface area (Å²) in [5.74, 6) is 0. The van der Waals surface area contributed by atoms with Gasteiger partial charge in [0.15, 0.2) is 0 Å². The zero-order chi connectivity index (χ0) is 47.5. The Morgan fingerprint density at radius 1 is 0.417 bits per heavy atom. The monoisotopic (exact) mass is 631 g/mol. The lowest BCUT2D eigenvalue weighted by Crippen LogP contribution is -2.10. The molecule has 9 aromatic rings. The summed E-state index contributed by atoms with van der Waals surface area (Å²) in [7, 11) is 0. The summed E-state index contributed by atoms with van der Waals surface area (Å²) in [6.45, 7) is 0. The highest BCUT2D eigenvalue weighted by atomic mass is 16.3. The van der Waals surface area contributed by atoms with Gasteiger partial charge in [-0.25, -0.2) is 0 Å². The largest absolute Gasteiger partial charge is 0.455 e. The van der Waals surface area contributed by atoms with E-state index < -0.39 is 137 Å². The molecule has 0 N–H and O–H groups in total. The van der Waals surface area contributed by atoms with Gasteiger partial charge in [0.1, 0.15) is 11.2 Å². The predicted molar refractivity (Wildman–Crippen MR) is 202 cm³/mol. The van der Waals surface area contributed by atoms with Crippen LogP contribution in [-0.2, 0) is 0 Å². The van der Waals surface area contributed by atoms with Crippen molar-refractivity contribution in [3.8, 4) is 33.4 Å². The lowest BCUT2D eigenvalue weighted by atomic mass is 9.99. The van der Waals surface area contributed by atoms with E-state index in [9.17, 15) is 8.22 Å². The van der Waals surface area contributed by atoms with Gasteiger partial charge in [-0.1, -0.05) is 145 Å². The van der Waals surface area contributed by atoms with Crippen molar-refractivity contribution in [1.29, 1.82) is 0 Å². The molecule has 0 radical (unpaired) electrons. The van der Waals surface area contributed by atoms with Crippen molar-refractivity contribution in [2.24, 2.45) is 0 Å². The molecular weight excluding hydrogens is 583 g/mol. The summed E-state index contributed by atoms with van der Waals surface area (Å²) >= 11 is 0. The summed E-state index contributed by atoms with van der Waals surface area (Å²) in [6.07, 6.45) is 0. The molecule has 0 aliphatic rings. The van der Waals surface area contributed by atoms with Crippen LogP contribution in [0, 0.1) is 0 Å². The number of anilines is 3. The molecule has 1 heterocycles. The summed E-state index contributed by atoms with van der Waals surface area (Å²) in [5.41, 5.74) is 0.547. The van der Waals surface area contributed by atoms with Gasteiger partial charge in [-0.05, 0) is 81.1 Å². The quantitative estimate of drug-likeness (QED) is 0.182. The highest BCUT2D eigenvalue weighted by Crippen LogP contribution is 2.44. The Kier molecular flexibility index (Phi) is 3.68. The minimum absolute atomic E-state index is 0.0672. The fourth-order valence-electron chi connectivity index (χ4n) is 5.70. The molecule has 0 unspecified atom stereocenters. The molecule has 0 spiro atoms. The first-order valence-corrected chi connectivity index (χ1v) is 14.9. The van der Waals surface area contributed by atoms with Gasteiger partial charge in [0.25, 0.3) is 0 Å². The van der Waals surface area contributed by atoms with E-state index >= 15 is 0 Å². The Bertz CT molecular complexity index is 3500. The zero-order valence-electron chi connectivity index (χ0n) is 42.9. The molecule has 226 valence electrons. The van der Waals surface area contributed by atoms with Gasteiger partial charge < -0.3 is 9.32 Å². The van der Waals surface area contributed by atoms with Crippen LogP contribution in [0.3, 0.4) is 0 Å². The summed E-state index contributed by atoms with van der Waals surface area (Å²) in [5, 5.41) is -1.24. The number of benzene rings is 8. The topological polar surface area (TPSA) is 16.4 Å². The third-order valence-electron chi connectivity index (χ3n) is 7.99. The second-order valence-electron chi connectivity index (χ2n) is 10.8. The molecule has 0 amide bonds. The van der Waals surface area contributed by atoms with Gasteiger partial charge >= 0.3 is 0 Å². The summed E-state index contributed by atoms with van der Waals surface area (Å²) in [6, 6.07) is 10.8. The van der Waals surface area contributed by atoms with E-state index in [-0.39, 0.29) is 32.8 Å². The lowest BCUT2D eigenvalue weighted by molar-refractivity contribution is 0.672. The first kappa shape index (κ1) is 15.0. The van der Waals surface area contributed by atoms with Crippen LogP contribution < -0.4 is 4.90 Å². The van der Waals surface area contributed by atoms with Crippen molar-refractivity contribution < 1.29 is 29.1 Å². The Labute approximate surface area is 305 Å². The van der Waals surface area contributed by atoms with Gasteiger partial charge in [0, 0.05) is 22.1 Å². The molecule has 0 saturated carbocycles. The van der Waals surface area contributed by atoms with Crippen LogP contribution in [0.5, 0.6) is 0 Å². The Morgan fingerprint density at radius 2 is 1.04 bits per heavy atom. The minimum Gasteiger partial charge on any atom is -0.455 e. The van der Waals surface area contributed by atoms with Crippen molar-refractivity contribution in [2.45, 2.75) is 0 Å². The fraction of sp³-hybridized carbons (Fsp3) is 0. The molecule has 1 aromatic heterocycles. The van der Waals surface area contributed by atoms with Crippen LogP contribution in [0.25, 0.3) is 66.1 Å². The highest BCUT2D eigenvalue weighted by molar-refractivity contribution is 6.19. The fourth-order valence-corrected chi connectivity index (χ4v) is 5.70. The summed E-state index contributed by atoms with van der Waals surface area (Å²) in [4.78, 5) is 1.11. The van der Waals surface area contributed by atoms with Crippen LogP contribution in [0.2, 0.25) is 0 Å². The van der Waals surface area contributed by atoms with E-state index in [1.807, 2.05) is 54.6 Å². The maximum atomic E-state index is 9.48. The van der Waals surface area contributed by atoms with Crippen molar-refractivity contribution in [3.63, 3.8) is 0 Å². The van der Waals surface area contributed by atoms with Crippen LogP contribution in [0.1, 0.15) is 24.7 Å². The average molecular weight is 632 g/mol. The molecule has 0 atom stereocenters. The number of nitrogens with zero attached hydrogens (tertiary/aromatic N) is 1. The number of furan rings is 1. The molecule has 2 heteroatoms. The highest BCUT2D eigenvalue weighted by Gasteiger charge is 2.20. The molecule has 0 bridgehead atoms. The van der Waals surface area contributed by atoms with Crippen molar-refractivity contribution in [1.82, 2.24) is 0 Å². The van der Waals surface area contributed by atoms with Gasteiger partial charge in [0.2, 0.25) is 0 Å². The van der Waals surface area contributed by atoms with Gasteiger partial charge in [-0.3, -0.25) is 0 Å². The van der Waals surface area contributed by atoms with E-state index in [4.69, 9.17) is 20.9 Å². The van der Waals surface area contributed by atoms with Crippen molar-refractivity contribution >= 4 is 49.8 Å². The Balaban J connectivity index is 1.38. The second kappa shape index (κ2) is 11.8. The molecule has 48 heavy (non-hydrogen) atoms. The normalized spacial score (nSPS) is 16.6. The molecule has 0 aliphatic carbocycles. The number of hydrogen-bond acceptors (Lipinski definition) is 2. The van der Waals surface area contributed by atoms with Crippen molar-refractivity contribution in [2.75, 3.05) is 4.90 Å². The number of fused-ring (bicyclic) bond motifs is 5. The molecule has 0 saturated heterocycles. The van der Waals surface area contributed by atoms with Crippen LogP contribution >= 0.6 is 0 Å². The number of rotatable bonds is 6. The standard InChI is InChI=1S/C46H31NO/c1-3-10-32(11-4-1)34-18-20-35(21-19-34)37-24-29-40(30-25-37)47(39-27-22-36(23-28-39)33-12-5-2-6-13-33)43-16-9-17-44-45(43)42-31-26-38-14-7-8-15-41(38)46(42)48-44/h1-31H/i2D,5D,6D,7D,8D,9D,12D,13D,14D,15D,16D,17D,22D,23D,26D,27D,28D,31D. The van der Waals surface area contributed by atoms with Gasteiger partial charge in [-0.2, -0.15) is 0 Å². The first-order valence-electron chi connectivity index (χ1n) is 23.9. The smallest absolute Gasteiger partial charge is 0.143 e. The van der Waals surface area contributed by atoms with Gasteiger partial charge in [-0.15, -0.1) is 0 Å². The number of hydrogen-bond donors (Lipinski definition) is 0. The van der Waals surface area contributed by atoms with Crippen molar-refractivity contribution in [3.05, 3.63) is 188 Å². The Morgan fingerprint density at radius 3 is 1.77 bits per heavy atom. The first-order chi connectivity index (χ1) is 31.3. The third kappa shape index (κ3) is 4.92. The van der Waals surface area contributed by atoms with E-state index in [1.165, 1.54) is 0 Å². The molecule has 0 fully saturated rings. The van der Waals surface area contributed by atoms with E-state index in [2.05, 4.69) is 0 Å². The third-order valence-corrected chi connectivity index (χ3v) is 7.99. The van der Waals surface area contributed by atoms with E-state index in [0.29, 0.717) is 5.56 Å². The van der Waals surface area contributed by atoms with E-state index in [0.717, 1.165) is 21.6 Å². The molecule has 8 aromatic carbocycles. The molecule has 2 nitrogen and oxygen atoms in total. The lowest BCUT2D eigenvalue weighted by Gasteiger charge is -2.26. The zero-order valence-corrected chi connectivity index (χ0v) is 24.9.